The largest absolute Gasteiger partial charge is 0.371 e. The maximum atomic E-state index is 13.4. The third-order valence-electron chi connectivity index (χ3n) is 12.6. The molecule has 0 spiro atoms. The molecule has 4 saturated heterocycles. The third-order valence-corrected chi connectivity index (χ3v) is 12.6. The van der Waals surface area contributed by atoms with Gasteiger partial charge in [0.2, 0.25) is 11.8 Å². The summed E-state index contributed by atoms with van der Waals surface area (Å²) in [5.74, 6) is -1.55. The lowest BCUT2D eigenvalue weighted by Gasteiger charge is -2.38. The fraction of sp³-hybridized carbons (Fsp3) is 0.500. The number of nitrogens with two attached hydrogens (primary N) is 1. The van der Waals surface area contributed by atoms with Gasteiger partial charge in [0.05, 0.1) is 47.0 Å². The van der Waals surface area contributed by atoms with Crippen LogP contribution in [0.1, 0.15) is 75.4 Å². The summed E-state index contributed by atoms with van der Waals surface area (Å²) < 4.78 is 2.00. The molecule has 9 rings (SSSR count). The van der Waals surface area contributed by atoms with E-state index < -0.39 is 35.6 Å². The number of nitrogens with one attached hydrogen (secondary N) is 2. The van der Waals surface area contributed by atoms with Gasteiger partial charge in [0.1, 0.15) is 6.04 Å². The van der Waals surface area contributed by atoms with Crippen LogP contribution in [0.15, 0.2) is 36.5 Å². The monoisotopic (exact) mass is 792 g/mol. The van der Waals surface area contributed by atoms with E-state index in [2.05, 4.69) is 30.3 Å². The number of hydrogen-bond donors (Lipinski definition) is 3. The number of piperidine rings is 3. The van der Waals surface area contributed by atoms with Gasteiger partial charge in [0, 0.05) is 84.1 Å². The van der Waals surface area contributed by atoms with Gasteiger partial charge in [-0.2, -0.15) is 5.10 Å². The number of anilines is 4. The molecule has 6 aliphatic heterocycles. The molecule has 8 heterocycles. The first-order chi connectivity index (χ1) is 28.0. The van der Waals surface area contributed by atoms with Crippen LogP contribution < -0.4 is 26.2 Å². The maximum Gasteiger partial charge on any atom is 0.320 e. The van der Waals surface area contributed by atoms with Crippen LogP contribution in [0, 0.1) is 5.92 Å². The highest BCUT2D eigenvalue weighted by molar-refractivity contribution is 6.23. The number of carbonyl (C=O) groups excluding carboxylic acids is 6. The van der Waals surface area contributed by atoms with Gasteiger partial charge >= 0.3 is 6.03 Å². The standard InChI is InChI=1S/C40H48N12O6/c1-46-13-15-50(40(46)58)26-3-2-10-49(23-26)27-18-31(35(36(41)54)42-20-27)43-33-19-28-22-47(14-16-51(28)45-33)21-24-8-11-48(12-9-24)25-4-5-29-30(17-25)39(57)52(38(29)56)32-6-7-34(53)44-37(32)55/h4-5,17-20,24,26,32H,2-3,6-16,21-23H2,1H3,(H2,41,54)(H,43,45)(H,44,53,55). The van der Waals surface area contributed by atoms with E-state index in [1.165, 1.54) is 0 Å². The molecule has 1 aromatic carbocycles. The molecule has 7 amide bonds. The maximum absolute atomic E-state index is 13.4. The van der Waals surface area contributed by atoms with Crippen molar-refractivity contribution >= 4 is 58.4 Å². The van der Waals surface area contributed by atoms with Crippen LogP contribution in [0.2, 0.25) is 0 Å². The molecule has 0 saturated carbocycles. The SMILES string of the molecule is CN1CCN(C2CCCN(c3cnc(C(N)=O)c(Nc4cc5n(n4)CCN(CC4CCN(c6ccc7c(c6)C(=O)N(C6CCC(=O)NC6=O)C7=O)CC4)C5)c3)C2)C1=O. The summed E-state index contributed by atoms with van der Waals surface area (Å²) in [6, 6.07) is 8.42. The van der Waals surface area contributed by atoms with Crippen LogP contribution in [0.3, 0.4) is 0 Å². The number of benzene rings is 1. The Hall–Kier alpha value is -6.04. The number of likely N-dealkylation sites (N-methyl/N-ethyl adjacent to an activating group) is 1. The second-order valence-electron chi connectivity index (χ2n) is 16.3. The van der Waals surface area contributed by atoms with Crippen molar-refractivity contribution in [1.82, 2.24) is 39.7 Å². The molecular formula is C40H48N12O6. The van der Waals surface area contributed by atoms with Crippen LogP contribution in [0.4, 0.5) is 27.7 Å². The van der Waals surface area contributed by atoms with E-state index in [0.29, 0.717) is 29.5 Å². The van der Waals surface area contributed by atoms with E-state index >= 15 is 0 Å². The van der Waals surface area contributed by atoms with Crippen molar-refractivity contribution in [3.8, 4) is 0 Å². The van der Waals surface area contributed by atoms with E-state index in [1.807, 2.05) is 34.8 Å². The van der Waals surface area contributed by atoms with Gasteiger partial charge < -0.3 is 30.7 Å². The van der Waals surface area contributed by atoms with E-state index in [1.54, 1.807) is 23.2 Å². The lowest BCUT2D eigenvalue weighted by Crippen LogP contribution is -2.54. The minimum Gasteiger partial charge on any atom is -0.371 e. The van der Waals surface area contributed by atoms with E-state index in [0.717, 1.165) is 107 Å². The summed E-state index contributed by atoms with van der Waals surface area (Å²) in [6.07, 6.45) is 5.72. The normalized spacial score (nSPS) is 23.1. The Morgan fingerprint density at radius 2 is 1.69 bits per heavy atom. The number of urea groups is 1. The zero-order chi connectivity index (χ0) is 40.2. The molecule has 2 unspecified atom stereocenters. The first kappa shape index (κ1) is 37.5. The Morgan fingerprint density at radius 1 is 0.879 bits per heavy atom. The van der Waals surface area contributed by atoms with Crippen molar-refractivity contribution in [2.24, 2.45) is 11.7 Å². The van der Waals surface area contributed by atoms with Gasteiger partial charge in [-0.3, -0.25) is 43.8 Å². The quantitative estimate of drug-likeness (QED) is 0.265. The van der Waals surface area contributed by atoms with E-state index in [9.17, 15) is 28.8 Å². The number of amides is 7. The average Bonchev–Trinajstić information content (AvgIpc) is 3.86. The highest BCUT2D eigenvalue weighted by Gasteiger charge is 2.45. The Labute approximate surface area is 335 Å². The van der Waals surface area contributed by atoms with Gasteiger partial charge in [0.15, 0.2) is 11.5 Å². The molecule has 2 atom stereocenters. The highest BCUT2D eigenvalue weighted by atomic mass is 16.2. The molecule has 18 nitrogen and oxygen atoms in total. The number of primary amides is 1. The minimum absolute atomic E-state index is 0.0684. The van der Waals surface area contributed by atoms with Crippen LogP contribution in [0.25, 0.3) is 0 Å². The summed E-state index contributed by atoms with van der Waals surface area (Å²) in [6.45, 7) is 7.85. The predicted octanol–water partition coefficient (Wildman–Crippen LogP) is 1.59. The molecule has 58 heavy (non-hydrogen) atoms. The van der Waals surface area contributed by atoms with Crippen molar-refractivity contribution in [2.45, 2.75) is 63.7 Å². The molecule has 4 fully saturated rings. The lowest BCUT2D eigenvalue weighted by molar-refractivity contribution is -0.136. The summed E-state index contributed by atoms with van der Waals surface area (Å²) in [5, 5.41) is 10.4. The summed E-state index contributed by atoms with van der Waals surface area (Å²) in [5.41, 5.74) is 9.77. The van der Waals surface area contributed by atoms with Crippen LogP contribution in [-0.2, 0) is 22.7 Å². The molecule has 2 aromatic heterocycles. The molecule has 0 radical (unpaired) electrons. The molecule has 6 aliphatic rings. The Balaban J connectivity index is 0.804. The average molecular weight is 793 g/mol. The Kier molecular flexibility index (Phi) is 9.73. The molecule has 0 bridgehead atoms. The fourth-order valence-electron chi connectivity index (χ4n) is 9.44. The van der Waals surface area contributed by atoms with Crippen molar-refractivity contribution < 1.29 is 28.8 Å². The predicted molar refractivity (Wildman–Crippen MR) is 212 cm³/mol. The first-order valence-corrected chi connectivity index (χ1v) is 20.2. The summed E-state index contributed by atoms with van der Waals surface area (Å²) in [4.78, 5) is 91.9. The number of nitrogens with zero attached hydrogens (tertiary/aromatic N) is 9. The molecule has 304 valence electrons. The highest BCUT2D eigenvalue weighted by Crippen LogP contribution is 2.34. The van der Waals surface area contributed by atoms with E-state index in [-0.39, 0.29) is 36.2 Å². The first-order valence-electron chi connectivity index (χ1n) is 20.2. The smallest absolute Gasteiger partial charge is 0.320 e. The van der Waals surface area contributed by atoms with Crippen molar-refractivity contribution in [3.63, 3.8) is 0 Å². The van der Waals surface area contributed by atoms with Crippen LogP contribution in [0.5, 0.6) is 0 Å². The van der Waals surface area contributed by atoms with Gasteiger partial charge in [-0.25, -0.2) is 9.78 Å². The number of rotatable bonds is 9. The number of aromatic nitrogens is 3. The number of hydrogen-bond acceptors (Lipinski definition) is 12. The number of fused-ring (bicyclic) bond motifs is 2. The zero-order valence-corrected chi connectivity index (χ0v) is 32.6. The molecular weight excluding hydrogens is 745 g/mol. The zero-order valence-electron chi connectivity index (χ0n) is 32.6. The van der Waals surface area contributed by atoms with Gasteiger partial charge in [-0.1, -0.05) is 0 Å². The van der Waals surface area contributed by atoms with E-state index in [4.69, 9.17) is 10.8 Å². The van der Waals surface area contributed by atoms with Crippen LogP contribution in [-0.4, -0.2) is 141 Å². The minimum atomic E-state index is -0.985. The third kappa shape index (κ3) is 6.98. The van der Waals surface area contributed by atoms with Crippen molar-refractivity contribution in [3.05, 3.63) is 59.0 Å². The lowest BCUT2D eigenvalue weighted by atomic mass is 9.95. The molecule has 0 aliphatic carbocycles. The number of pyridine rings is 1. The summed E-state index contributed by atoms with van der Waals surface area (Å²) >= 11 is 0. The number of imide groups is 2. The second-order valence-corrected chi connectivity index (χ2v) is 16.3. The molecule has 3 aromatic rings. The van der Waals surface area contributed by atoms with Gasteiger partial charge in [-0.15, -0.1) is 0 Å². The Morgan fingerprint density at radius 3 is 2.45 bits per heavy atom. The van der Waals surface area contributed by atoms with Gasteiger partial charge in [0.25, 0.3) is 17.7 Å². The van der Waals surface area contributed by atoms with Crippen LogP contribution >= 0.6 is 0 Å². The van der Waals surface area contributed by atoms with Crippen molar-refractivity contribution in [2.75, 3.05) is 74.5 Å². The molecule has 18 heteroatoms. The summed E-state index contributed by atoms with van der Waals surface area (Å²) in [7, 11) is 1.84. The molecule has 4 N–H and O–H groups in total. The Bertz CT molecular complexity index is 2200. The van der Waals surface area contributed by atoms with Crippen molar-refractivity contribution in [1.29, 1.82) is 0 Å². The second kappa shape index (κ2) is 15.0. The fourth-order valence-corrected chi connectivity index (χ4v) is 9.44. The number of carbonyl (C=O) groups is 6. The topological polar surface area (TPSA) is 203 Å². The van der Waals surface area contributed by atoms with Gasteiger partial charge in [-0.05, 0) is 62.3 Å².